The Labute approximate surface area is 170 Å². The van der Waals surface area contributed by atoms with Gasteiger partial charge in [0.2, 0.25) is 0 Å². The highest BCUT2D eigenvalue weighted by Gasteiger charge is 2.11. The molecule has 4 rings (SSSR count). The number of benzene rings is 2. The first-order chi connectivity index (χ1) is 14.2. The lowest BCUT2D eigenvalue weighted by Gasteiger charge is -2.07. The zero-order valence-electron chi connectivity index (χ0n) is 15.4. The minimum atomic E-state index is -0.533. The van der Waals surface area contributed by atoms with Gasteiger partial charge in [0.25, 0.3) is 5.91 Å². The number of carbonyl (C=O) groups is 2. The van der Waals surface area contributed by atoms with Crippen LogP contribution in [0.3, 0.4) is 0 Å². The number of rotatable bonds is 7. The van der Waals surface area contributed by atoms with Crippen LogP contribution < -0.4 is 5.32 Å². The van der Waals surface area contributed by atoms with Crippen LogP contribution in [0.15, 0.2) is 66.0 Å². The van der Waals surface area contributed by atoms with E-state index in [4.69, 9.17) is 4.74 Å². The molecule has 0 unspecified atom stereocenters. The van der Waals surface area contributed by atoms with Gasteiger partial charge in [-0.05, 0) is 41.3 Å². The average molecular weight is 406 g/mol. The number of carbonyl (C=O) groups excluding carboxylic acids is 2. The van der Waals surface area contributed by atoms with Gasteiger partial charge in [-0.1, -0.05) is 35.5 Å². The zero-order chi connectivity index (χ0) is 20.1. The summed E-state index contributed by atoms with van der Waals surface area (Å²) in [7, 11) is 0. The highest BCUT2D eigenvalue weighted by Crippen LogP contribution is 2.13. The molecule has 2 aromatic heterocycles. The Morgan fingerprint density at radius 2 is 1.86 bits per heavy atom. The molecular weight excluding hydrogens is 388 g/mol. The predicted octanol–water partition coefficient (Wildman–Crippen LogP) is 3.01. The fourth-order valence-electron chi connectivity index (χ4n) is 2.82. The second-order valence-electron chi connectivity index (χ2n) is 6.36. The first-order valence-electron chi connectivity index (χ1n) is 9.02. The molecule has 0 fully saturated rings. The molecule has 4 aromatic rings. The summed E-state index contributed by atoms with van der Waals surface area (Å²) in [6.07, 6.45) is 0. The second kappa shape index (κ2) is 8.66. The molecule has 0 aliphatic heterocycles. The van der Waals surface area contributed by atoms with Crippen LogP contribution in [0.25, 0.3) is 11.0 Å². The van der Waals surface area contributed by atoms with Gasteiger partial charge in [0, 0.05) is 4.88 Å². The third-order valence-corrected chi connectivity index (χ3v) is 5.19. The van der Waals surface area contributed by atoms with Gasteiger partial charge in [-0.25, -0.2) is 9.48 Å². The molecule has 8 heteroatoms. The molecule has 0 aliphatic rings. The van der Waals surface area contributed by atoms with E-state index < -0.39 is 5.97 Å². The lowest BCUT2D eigenvalue weighted by molar-refractivity contribution is -0.124. The summed E-state index contributed by atoms with van der Waals surface area (Å²) in [5.74, 6) is -0.865. The van der Waals surface area contributed by atoms with Gasteiger partial charge in [-0.15, -0.1) is 16.4 Å². The molecule has 7 nitrogen and oxygen atoms in total. The van der Waals surface area contributed by atoms with Gasteiger partial charge in [-0.3, -0.25) is 4.79 Å². The predicted molar refractivity (Wildman–Crippen MR) is 110 cm³/mol. The summed E-state index contributed by atoms with van der Waals surface area (Å²) >= 11 is 1.56. The van der Waals surface area contributed by atoms with E-state index in [1.54, 1.807) is 28.2 Å². The molecule has 0 saturated heterocycles. The highest BCUT2D eigenvalue weighted by molar-refractivity contribution is 7.09. The van der Waals surface area contributed by atoms with E-state index in [0.717, 1.165) is 21.5 Å². The molecule has 29 heavy (non-hydrogen) atoms. The van der Waals surface area contributed by atoms with Crippen LogP contribution in [0.2, 0.25) is 0 Å². The topological polar surface area (TPSA) is 86.1 Å². The molecule has 146 valence electrons. The van der Waals surface area contributed by atoms with Gasteiger partial charge in [0.1, 0.15) is 5.52 Å². The van der Waals surface area contributed by atoms with Crippen LogP contribution >= 0.6 is 11.3 Å². The van der Waals surface area contributed by atoms with Crippen LogP contribution in [-0.2, 0) is 22.6 Å². The fourth-order valence-corrected chi connectivity index (χ4v) is 3.46. The summed E-state index contributed by atoms with van der Waals surface area (Å²) in [5, 5.41) is 13.0. The van der Waals surface area contributed by atoms with Gasteiger partial charge in [0.15, 0.2) is 6.61 Å². The van der Waals surface area contributed by atoms with Crippen molar-refractivity contribution in [3.8, 4) is 0 Å². The number of para-hydroxylation sites is 1. The van der Waals surface area contributed by atoms with Crippen molar-refractivity contribution in [2.75, 3.05) is 6.61 Å². The standard InChI is InChI=1S/C21H18N4O3S/c26-20(22-12-17-4-3-11-29-17)14-28-21(27)16-9-7-15(8-10-16)13-25-19-6-2-1-5-18(19)23-24-25/h1-11H,12-14H2,(H,22,26). The Kier molecular flexibility index (Phi) is 5.62. The molecule has 1 N–H and O–H groups in total. The molecule has 0 aliphatic carbocycles. The van der Waals surface area contributed by atoms with E-state index in [-0.39, 0.29) is 12.5 Å². The van der Waals surface area contributed by atoms with Gasteiger partial charge in [-0.2, -0.15) is 0 Å². The normalized spacial score (nSPS) is 10.8. The van der Waals surface area contributed by atoms with Crippen LogP contribution in [0, 0.1) is 0 Å². The van der Waals surface area contributed by atoms with Gasteiger partial charge < -0.3 is 10.1 Å². The third kappa shape index (κ3) is 4.67. The summed E-state index contributed by atoms with van der Waals surface area (Å²) < 4.78 is 6.89. The van der Waals surface area contributed by atoms with E-state index in [1.807, 2.05) is 53.9 Å². The van der Waals surface area contributed by atoms with Crippen molar-refractivity contribution in [2.24, 2.45) is 0 Å². The van der Waals surface area contributed by atoms with Crippen LogP contribution in [0.4, 0.5) is 0 Å². The van der Waals surface area contributed by atoms with E-state index >= 15 is 0 Å². The minimum Gasteiger partial charge on any atom is -0.452 e. The van der Waals surface area contributed by atoms with Crippen molar-refractivity contribution in [1.29, 1.82) is 0 Å². The van der Waals surface area contributed by atoms with Crippen molar-refractivity contribution >= 4 is 34.2 Å². The second-order valence-corrected chi connectivity index (χ2v) is 7.40. The zero-order valence-corrected chi connectivity index (χ0v) is 16.3. The van der Waals surface area contributed by atoms with E-state index in [1.165, 1.54) is 0 Å². The van der Waals surface area contributed by atoms with Crippen molar-refractivity contribution < 1.29 is 14.3 Å². The third-order valence-electron chi connectivity index (χ3n) is 4.32. The Bertz CT molecular complexity index is 1120. The summed E-state index contributed by atoms with van der Waals surface area (Å²) in [6.45, 7) is 0.664. The molecule has 2 aromatic carbocycles. The summed E-state index contributed by atoms with van der Waals surface area (Å²) in [5.41, 5.74) is 3.16. The maximum Gasteiger partial charge on any atom is 0.338 e. The number of nitrogens with one attached hydrogen (secondary N) is 1. The minimum absolute atomic E-state index is 0.309. The van der Waals surface area contributed by atoms with Gasteiger partial charge >= 0.3 is 5.97 Å². The fraction of sp³-hybridized carbons (Fsp3) is 0.143. The van der Waals surface area contributed by atoms with E-state index in [0.29, 0.717) is 18.7 Å². The first kappa shape index (κ1) is 18.8. The maximum absolute atomic E-state index is 12.2. The SMILES string of the molecule is O=C(COC(=O)c1ccc(Cn2nnc3ccccc32)cc1)NCc1cccs1. The molecule has 1 amide bonds. The first-order valence-corrected chi connectivity index (χ1v) is 9.90. The van der Waals surface area contributed by atoms with E-state index in [2.05, 4.69) is 15.6 Å². The Morgan fingerprint density at radius 1 is 1.03 bits per heavy atom. The molecule has 0 saturated carbocycles. The monoisotopic (exact) mass is 406 g/mol. The number of nitrogens with zero attached hydrogens (tertiary/aromatic N) is 3. The summed E-state index contributed by atoms with van der Waals surface area (Å²) in [6, 6.07) is 18.6. The molecule has 0 bridgehead atoms. The Morgan fingerprint density at radius 3 is 2.66 bits per heavy atom. The summed E-state index contributed by atoms with van der Waals surface area (Å²) in [4.78, 5) is 25.0. The number of amides is 1. The average Bonchev–Trinajstić information content (AvgIpc) is 3.41. The molecule has 0 spiro atoms. The number of hydrogen-bond acceptors (Lipinski definition) is 6. The van der Waals surface area contributed by atoms with Gasteiger partial charge in [0.05, 0.1) is 24.2 Å². The number of hydrogen-bond donors (Lipinski definition) is 1. The molecule has 0 atom stereocenters. The quantitative estimate of drug-likeness (QED) is 0.477. The maximum atomic E-state index is 12.2. The Balaban J connectivity index is 1.30. The number of esters is 1. The molecular formula is C21H18N4O3S. The van der Waals surface area contributed by atoms with Crippen LogP contribution in [-0.4, -0.2) is 33.5 Å². The van der Waals surface area contributed by atoms with Crippen molar-refractivity contribution in [3.05, 3.63) is 82.0 Å². The lowest BCUT2D eigenvalue weighted by atomic mass is 10.1. The highest BCUT2D eigenvalue weighted by atomic mass is 32.1. The van der Waals surface area contributed by atoms with Crippen molar-refractivity contribution in [1.82, 2.24) is 20.3 Å². The van der Waals surface area contributed by atoms with Crippen molar-refractivity contribution in [3.63, 3.8) is 0 Å². The number of aromatic nitrogens is 3. The van der Waals surface area contributed by atoms with E-state index in [9.17, 15) is 9.59 Å². The number of thiophene rings is 1. The van der Waals surface area contributed by atoms with Crippen LogP contribution in [0.5, 0.6) is 0 Å². The largest absolute Gasteiger partial charge is 0.452 e. The van der Waals surface area contributed by atoms with Crippen molar-refractivity contribution in [2.45, 2.75) is 13.1 Å². The number of ether oxygens (including phenoxy) is 1. The number of fused-ring (bicyclic) bond motifs is 1. The Hall–Kier alpha value is -3.52. The smallest absolute Gasteiger partial charge is 0.338 e. The van der Waals surface area contributed by atoms with Crippen LogP contribution in [0.1, 0.15) is 20.8 Å². The lowest BCUT2D eigenvalue weighted by Crippen LogP contribution is -2.28. The molecule has 0 radical (unpaired) electrons. The molecule has 2 heterocycles.